The predicted molar refractivity (Wildman–Crippen MR) is 80.5 cm³/mol. The molecule has 0 aromatic carbocycles. The van der Waals surface area contributed by atoms with E-state index in [0.29, 0.717) is 0 Å². The molecule has 19 nitrogen and oxygen atoms in total. The summed E-state index contributed by atoms with van der Waals surface area (Å²) in [6.07, 6.45) is -1.32. The summed E-state index contributed by atoms with van der Waals surface area (Å²) in [7, 11) is -14.7. The number of H-pyrrole nitrogens is 1. The van der Waals surface area contributed by atoms with Crippen molar-refractivity contribution in [2.45, 2.75) is 31.5 Å². The molecule has 1 aliphatic heterocycles. The Hall–Kier alpha value is -0.513. The third kappa shape index (κ3) is 23.0. The molecule has 0 bridgehead atoms. The average Bonchev–Trinajstić information content (AvgIpc) is 2.77. The van der Waals surface area contributed by atoms with Gasteiger partial charge in [-0.05, 0) is 6.92 Å². The number of aromatic amines is 1. The Morgan fingerprint density at radius 2 is 1.33 bits per heavy atom. The van der Waals surface area contributed by atoms with E-state index < -0.39 is 59.3 Å². The van der Waals surface area contributed by atoms with Crippen LogP contribution in [0.2, 0.25) is 0 Å². The monoisotopic (exact) mass is 534 g/mol. The maximum absolute atomic E-state index is 11.6. The number of hydrogen-bond donors (Lipinski definition) is 2. The summed E-state index contributed by atoms with van der Waals surface area (Å²) in [5.41, 5.74) is -1.07. The number of ether oxygens (including phenoxy) is 2. The van der Waals surface area contributed by atoms with Crippen molar-refractivity contribution in [1.29, 1.82) is 0 Å². The van der Waals surface area contributed by atoms with Crippen molar-refractivity contribution in [3.63, 3.8) is 0 Å². The van der Waals surface area contributed by atoms with E-state index in [1.807, 2.05) is 0 Å². The predicted octanol–water partition coefficient (Wildman–Crippen LogP) is -12.6. The van der Waals surface area contributed by atoms with Crippen LogP contribution >= 0.6 is 23.5 Å². The molecule has 190 valence electrons. The van der Waals surface area contributed by atoms with Crippen molar-refractivity contribution in [2.24, 2.45) is 0 Å². The van der Waals surface area contributed by atoms with Gasteiger partial charge in [0.2, 0.25) is 0 Å². The van der Waals surface area contributed by atoms with Crippen LogP contribution in [0, 0.1) is 0 Å². The second-order valence-electron chi connectivity index (χ2n) is 5.28. The second-order valence-corrected chi connectivity index (χ2v) is 7.97. The zero-order valence-corrected chi connectivity index (χ0v) is 19.4. The van der Waals surface area contributed by atoms with E-state index in [0.717, 1.165) is 0 Å². The van der Waals surface area contributed by atoms with Gasteiger partial charge in [0.05, 0.1) is 6.10 Å². The summed E-state index contributed by atoms with van der Waals surface area (Å²) < 4.78 is 37.4. The maximum atomic E-state index is 11.6. The van der Waals surface area contributed by atoms with E-state index in [1.54, 1.807) is 6.92 Å². The minimum atomic E-state index is -5.39. The van der Waals surface area contributed by atoms with E-state index in [2.05, 4.69) is 4.98 Å². The first-order valence-electron chi connectivity index (χ1n) is 7.41. The first-order chi connectivity index (χ1) is 14.0. The van der Waals surface area contributed by atoms with Crippen LogP contribution in [0.25, 0.3) is 0 Å². The number of aliphatic hydroxyl groups is 1. The van der Waals surface area contributed by atoms with Crippen molar-refractivity contribution < 1.29 is 91.2 Å². The standard InChI is InChI=1S/C10H14N2O5.Li.3H3O4P/c1-5-7(14)8(16-2)9(17-5)12-4-3-6(13)11-10(12)15;;3*1-5(2,3)4/h3-5,7-9,14H,1-2H3,(H,11,13,15);;3*(H3,1,2,3,4)/q;+1;;;/p-9. The van der Waals surface area contributed by atoms with Gasteiger partial charge in [0.25, 0.3) is 5.56 Å². The van der Waals surface area contributed by atoms with E-state index in [1.165, 1.54) is 23.9 Å². The number of methoxy groups -OCH3 is 1. The number of phosphoric acid groups is 3. The topological polar surface area (TPSA) is 352 Å². The molecule has 23 heteroatoms. The van der Waals surface area contributed by atoms with E-state index in [-0.39, 0.29) is 18.9 Å². The molecule has 1 aromatic rings. The molecule has 1 aliphatic rings. The molecule has 2 N–H and O–H groups in total. The quantitative estimate of drug-likeness (QED) is 0.262. The van der Waals surface area contributed by atoms with Crippen LogP contribution in [-0.4, -0.2) is 40.1 Å². The zero-order chi connectivity index (χ0) is 26.1. The molecule has 0 aliphatic carbocycles. The number of nitrogens with one attached hydrogen (secondary N) is 1. The van der Waals surface area contributed by atoms with Gasteiger partial charge in [0, 0.05) is 19.4 Å². The first-order valence-corrected chi connectivity index (χ1v) is 11.8. The van der Waals surface area contributed by atoms with Gasteiger partial charge in [-0.3, -0.25) is 14.3 Å². The molecule has 33 heavy (non-hydrogen) atoms. The van der Waals surface area contributed by atoms with Crippen molar-refractivity contribution in [2.75, 3.05) is 7.11 Å². The molecule has 1 aromatic heterocycles. The van der Waals surface area contributed by atoms with Crippen LogP contribution in [-0.2, 0) is 23.2 Å². The summed E-state index contributed by atoms with van der Waals surface area (Å²) in [4.78, 5) is 102. The van der Waals surface area contributed by atoms with Crippen molar-refractivity contribution >= 4 is 23.5 Å². The molecule has 0 spiro atoms. The van der Waals surface area contributed by atoms with Gasteiger partial charge in [-0.1, -0.05) is 0 Å². The van der Waals surface area contributed by atoms with Crippen molar-refractivity contribution in [3.05, 3.63) is 33.1 Å². The molecular formula is C10H14LiN2O17P3-8. The van der Waals surface area contributed by atoms with Gasteiger partial charge in [0.1, 0.15) is 12.2 Å². The van der Waals surface area contributed by atoms with Crippen molar-refractivity contribution in [3.8, 4) is 0 Å². The summed E-state index contributed by atoms with van der Waals surface area (Å²) in [5.74, 6) is 0. The van der Waals surface area contributed by atoms with Crippen LogP contribution in [0.1, 0.15) is 13.2 Å². The molecule has 0 saturated carbocycles. The Labute approximate surface area is 196 Å². The normalized spacial score (nSPS) is 22.3. The smallest absolute Gasteiger partial charge is 0.822 e. The zero-order valence-electron chi connectivity index (χ0n) is 16.7. The molecule has 1 fully saturated rings. The first kappa shape index (κ1) is 37.0. The van der Waals surface area contributed by atoms with Gasteiger partial charge in [0.15, 0.2) is 6.23 Å². The number of nitrogens with zero attached hydrogens (tertiary/aromatic N) is 1. The summed E-state index contributed by atoms with van der Waals surface area (Å²) in [6.45, 7) is 1.69. The van der Waals surface area contributed by atoms with E-state index in [4.69, 9.17) is 67.2 Å². The molecule has 4 unspecified atom stereocenters. The Kier molecular flexibility index (Phi) is 17.4. The van der Waals surface area contributed by atoms with Gasteiger partial charge in [-0.15, -0.1) is 0 Å². The Morgan fingerprint density at radius 1 is 0.970 bits per heavy atom. The summed E-state index contributed by atoms with van der Waals surface area (Å²) in [6, 6.07) is 1.22. The fraction of sp³-hybridized carbons (Fsp3) is 0.600. The molecule has 0 amide bonds. The van der Waals surface area contributed by atoms with Crippen LogP contribution < -0.4 is 74.2 Å². The number of rotatable bonds is 2. The van der Waals surface area contributed by atoms with E-state index >= 15 is 0 Å². The molecular weight excluding hydrogens is 520 g/mol. The number of hydrogen-bond acceptors (Lipinski definition) is 17. The van der Waals surface area contributed by atoms with Crippen LogP contribution in [0.4, 0.5) is 0 Å². The van der Waals surface area contributed by atoms with Gasteiger partial charge < -0.3 is 72.3 Å². The van der Waals surface area contributed by atoms with Crippen molar-refractivity contribution in [1.82, 2.24) is 9.55 Å². The van der Waals surface area contributed by atoms with Crippen LogP contribution in [0.3, 0.4) is 0 Å². The minimum Gasteiger partial charge on any atom is -0.822 e. The third-order valence-electron chi connectivity index (χ3n) is 2.85. The minimum absolute atomic E-state index is 0. The molecule has 0 radical (unpaired) electrons. The largest absolute Gasteiger partial charge is 1.00 e. The van der Waals surface area contributed by atoms with Crippen LogP contribution in [0.5, 0.6) is 0 Å². The Morgan fingerprint density at radius 3 is 1.64 bits per heavy atom. The van der Waals surface area contributed by atoms with Gasteiger partial charge >= 0.3 is 24.6 Å². The average molecular weight is 534 g/mol. The van der Waals surface area contributed by atoms with Crippen LogP contribution in [0.15, 0.2) is 21.9 Å². The summed E-state index contributed by atoms with van der Waals surface area (Å²) >= 11 is 0. The van der Waals surface area contributed by atoms with Gasteiger partial charge in [-0.2, -0.15) is 23.5 Å². The Bertz CT molecular complexity index is 877. The van der Waals surface area contributed by atoms with Gasteiger partial charge in [-0.25, -0.2) is 4.79 Å². The summed E-state index contributed by atoms with van der Waals surface area (Å²) in [5, 5.41) is 9.80. The molecule has 1 saturated heterocycles. The number of aliphatic hydroxyl groups excluding tert-OH is 1. The molecule has 4 atom stereocenters. The molecule has 2 rings (SSSR count). The fourth-order valence-corrected chi connectivity index (χ4v) is 1.92. The fourth-order valence-electron chi connectivity index (χ4n) is 1.92. The van der Waals surface area contributed by atoms with E-state index in [9.17, 15) is 14.7 Å². The maximum Gasteiger partial charge on any atom is 1.00 e. The Balaban J connectivity index is -0.000000466. The number of aromatic nitrogens is 2. The second kappa shape index (κ2) is 15.5. The SMILES string of the molecule is COC1C(O)C(C)OC1n1ccc(=O)[nH]c1=O.O=P([O-])([O-])[O-].O=P([O-])([O-])[O-].O=P([O-])([O-])[O-].[Li+]. The third-order valence-corrected chi connectivity index (χ3v) is 2.85. The molecule has 2 heterocycles.